The van der Waals surface area contributed by atoms with Gasteiger partial charge < -0.3 is 10.6 Å². The lowest BCUT2D eigenvalue weighted by Crippen LogP contribution is -2.47. The van der Waals surface area contributed by atoms with Gasteiger partial charge in [0.25, 0.3) is 0 Å². The van der Waals surface area contributed by atoms with Gasteiger partial charge in [0.15, 0.2) is 0 Å². The third-order valence-corrected chi connectivity index (χ3v) is 3.69. The van der Waals surface area contributed by atoms with Crippen LogP contribution in [0.4, 0.5) is 4.79 Å². The summed E-state index contributed by atoms with van der Waals surface area (Å²) in [5.74, 6) is 0. The molecule has 88 valence electrons. The normalized spacial score (nSPS) is 32.3. The van der Waals surface area contributed by atoms with Gasteiger partial charge in [0.05, 0.1) is 11.6 Å². The zero-order valence-corrected chi connectivity index (χ0v) is 10.7. The lowest BCUT2D eigenvalue weighted by molar-refractivity contribution is 0.244. The first-order chi connectivity index (χ1) is 6.98. The number of nitrogens with one attached hydrogen (secondary N) is 2. The third kappa shape index (κ3) is 3.30. The molecule has 0 saturated carbocycles. The van der Waals surface area contributed by atoms with E-state index in [4.69, 9.17) is 0 Å². The number of thiol groups is 1. The fraction of sp³-hybridized carbons (Fsp3) is 0.909. The highest BCUT2D eigenvalue weighted by atomic mass is 32.1. The summed E-state index contributed by atoms with van der Waals surface area (Å²) in [6.45, 7) is 6.31. The van der Waals surface area contributed by atoms with Gasteiger partial charge in [-0.2, -0.15) is 12.6 Å². The van der Waals surface area contributed by atoms with E-state index >= 15 is 0 Å². The van der Waals surface area contributed by atoms with E-state index in [9.17, 15) is 4.79 Å². The van der Waals surface area contributed by atoms with E-state index in [2.05, 4.69) is 37.1 Å². The minimum absolute atomic E-state index is 0.0546. The second-order valence-electron chi connectivity index (χ2n) is 4.74. The van der Waals surface area contributed by atoms with Crippen molar-refractivity contribution in [1.29, 1.82) is 0 Å². The highest BCUT2D eigenvalue weighted by Crippen LogP contribution is 2.25. The van der Waals surface area contributed by atoms with Gasteiger partial charge >= 0.3 is 6.03 Å². The number of carbonyl (C=O) groups excluding carboxylic acids is 1. The van der Waals surface area contributed by atoms with Crippen LogP contribution in [0.25, 0.3) is 0 Å². The number of carbonyl (C=O) groups is 1. The Balaban J connectivity index is 2.45. The number of hydrogen-bond acceptors (Lipinski definition) is 2. The predicted molar refractivity (Wildman–Crippen MR) is 66.5 cm³/mol. The Hall–Kier alpha value is -0.380. The minimum Gasteiger partial charge on any atom is -0.333 e. The van der Waals surface area contributed by atoms with Crippen molar-refractivity contribution in [2.75, 3.05) is 0 Å². The van der Waals surface area contributed by atoms with Gasteiger partial charge in [-0.3, -0.25) is 0 Å². The molecule has 3 nitrogen and oxygen atoms in total. The summed E-state index contributed by atoms with van der Waals surface area (Å²) >= 11 is 4.58. The third-order valence-electron chi connectivity index (χ3n) is 3.25. The Labute approximate surface area is 97.8 Å². The van der Waals surface area contributed by atoms with Crippen molar-refractivity contribution in [3.63, 3.8) is 0 Å². The maximum absolute atomic E-state index is 11.2. The van der Waals surface area contributed by atoms with E-state index in [0.717, 1.165) is 12.8 Å². The molecule has 1 saturated heterocycles. The van der Waals surface area contributed by atoms with Crippen molar-refractivity contribution in [2.24, 2.45) is 0 Å². The van der Waals surface area contributed by atoms with Crippen LogP contribution in [0.3, 0.4) is 0 Å². The maximum atomic E-state index is 11.2. The largest absolute Gasteiger partial charge is 0.333 e. The average Bonchev–Trinajstić information content (AvgIpc) is 2.37. The lowest BCUT2D eigenvalue weighted by atomic mass is 9.88. The number of urea groups is 1. The smallest absolute Gasteiger partial charge is 0.315 e. The van der Waals surface area contributed by atoms with Gasteiger partial charge in [-0.05, 0) is 26.7 Å². The van der Waals surface area contributed by atoms with Crippen molar-refractivity contribution >= 4 is 18.7 Å². The Morgan fingerprint density at radius 1 is 1.60 bits per heavy atom. The molecule has 2 amide bonds. The number of rotatable bonds is 5. The molecule has 15 heavy (non-hydrogen) atoms. The molecule has 0 radical (unpaired) electrons. The standard InChI is InChI=1S/C11H22N2OS/c1-4-5-6-9(15)7-11(3)8(2)12-10(14)13-11/h8-9,15H,4-7H2,1-3H3,(H2,12,13,14)/t8-,9?,11+/m0/s1. The van der Waals surface area contributed by atoms with E-state index in [0.29, 0.717) is 5.25 Å². The molecular weight excluding hydrogens is 208 g/mol. The molecule has 0 aromatic carbocycles. The maximum Gasteiger partial charge on any atom is 0.315 e. The fourth-order valence-corrected chi connectivity index (χ4v) is 2.58. The number of hydrogen-bond donors (Lipinski definition) is 3. The van der Waals surface area contributed by atoms with Crippen molar-refractivity contribution in [3.05, 3.63) is 0 Å². The van der Waals surface area contributed by atoms with E-state index in [-0.39, 0.29) is 17.6 Å². The first kappa shape index (κ1) is 12.7. The molecule has 0 bridgehead atoms. The van der Waals surface area contributed by atoms with E-state index in [1.165, 1.54) is 12.8 Å². The molecule has 1 aliphatic heterocycles. The lowest BCUT2D eigenvalue weighted by Gasteiger charge is -2.30. The molecule has 1 aliphatic rings. The van der Waals surface area contributed by atoms with Crippen LogP contribution in [-0.2, 0) is 0 Å². The van der Waals surface area contributed by atoms with E-state index in [1.807, 2.05) is 6.92 Å². The summed E-state index contributed by atoms with van der Waals surface area (Å²) in [5.41, 5.74) is -0.142. The molecule has 1 unspecified atom stereocenters. The van der Waals surface area contributed by atoms with Crippen LogP contribution in [-0.4, -0.2) is 22.9 Å². The van der Waals surface area contributed by atoms with Crippen LogP contribution in [0.2, 0.25) is 0 Å². The second kappa shape index (κ2) is 5.10. The molecule has 1 heterocycles. The number of unbranched alkanes of at least 4 members (excludes halogenated alkanes) is 1. The summed E-state index contributed by atoms with van der Waals surface area (Å²) in [5, 5.41) is 6.25. The van der Waals surface area contributed by atoms with E-state index in [1.54, 1.807) is 0 Å². The fourth-order valence-electron chi connectivity index (χ4n) is 2.02. The van der Waals surface area contributed by atoms with Gasteiger partial charge in [0, 0.05) is 5.25 Å². The average molecular weight is 230 g/mol. The molecule has 3 atom stereocenters. The molecule has 2 N–H and O–H groups in total. The Kier molecular flexibility index (Phi) is 4.32. The summed E-state index contributed by atoms with van der Waals surface area (Å²) in [4.78, 5) is 11.2. The summed E-state index contributed by atoms with van der Waals surface area (Å²) in [6.07, 6.45) is 4.46. The van der Waals surface area contributed by atoms with Crippen molar-refractivity contribution in [3.8, 4) is 0 Å². The van der Waals surface area contributed by atoms with Crippen LogP contribution < -0.4 is 10.6 Å². The van der Waals surface area contributed by atoms with Crippen LogP contribution >= 0.6 is 12.6 Å². The SMILES string of the molecule is CCCCC(S)C[C@@]1(C)NC(=O)N[C@H]1C. The highest BCUT2D eigenvalue weighted by Gasteiger charge is 2.40. The molecule has 0 aromatic heterocycles. The molecule has 0 aromatic rings. The predicted octanol–water partition coefficient (Wildman–Crippen LogP) is 2.33. The monoisotopic (exact) mass is 230 g/mol. The van der Waals surface area contributed by atoms with Gasteiger partial charge in [0.1, 0.15) is 0 Å². The molecule has 0 aliphatic carbocycles. The van der Waals surface area contributed by atoms with Crippen molar-refractivity contribution < 1.29 is 4.79 Å². The Morgan fingerprint density at radius 3 is 2.73 bits per heavy atom. The summed E-state index contributed by atoms with van der Waals surface area (Å²) < 4.78 is 0. The van der Waals surface area contributed by atoms with E-state index < -0.39 is 0 Å². The number of amides is 2. The summed E-state index contributed by atoms with van der Waals surface area (Å²) in [6, 6.07) is 0.127. The molecule has 1 rings (SSSR count). The molecule has 1 fully saturated rings. The zero-order chi connectivity index (χ0) is 11.5. The minimum atomic E-state index is -0.142. The van der Waals surface area contributed by atoms with Crippen molar-refractivity contribution in [2.45, 2.75) is 63.3 Å². The zero-order valence-electron chi connectivity index (χ0n) is 9.84. The Bertz CT molecular complexity index is 235. The van der Waals surface area contributed by atoms with Gasteiger partial charge in [-0.25, -0.2) is 4.79 Å². The van der Waals surface area contributed by atoms with Gasteiger partial charge in [-0.1, -0.05) is 19.8 Å². The Morgan fingerprint density at radius 2 is 2.27 bits per heavy atom. The topological polar surface area (TPSA) is 41.1 Å². The quantitative estimate of drug-likeness (QED) is 0.623. The van der Waals surface area contributed by atoms with Crippen LogP contribution in [0.1, 0.15) is 46.5 Å². The molecule has 4 heteroatoms. The van der Waals surface area contributed by atoms with Crippen LogP contribution in [0.5, 0.6) is 0 Å². The van der Waals surface area contributed by atoms with Gasteiger partial charge in [-0.15, -0.1) is 0 Å². The molecular formula is C11H22N2OS. The first-order valence-electron chi connectivity index (χ1n) is 5.74. The van der Waals surface area contributed by atoms with Crippen LogP contribution in [0, 0.1) is 0 Å². The first-order valence-corrected chi connectivity index (χ1v) is 6.26. The van der Waals surface area contributed by atoms with Crippen LogP contribution in [0.15, 0.2) is 0 Å². The summed E-state index contributed by atoms with van der Waals surface area (Å²) in [7, 11) is 0. The molecule has 0 spiro atoms. The second-order valence-corrected chi connectivity index (χ2v) is 5.47. The van der Waals surface area contributed by atoms with Gasteiger partial charge in [0.2, 0.25) is 0 Å². The highest BCUT2D eigenvalue weighted by molar-refractivity contribution is 7.80. The van der Waals surface area contributed by atoms with Crippen molar-refractivity contribution in [1.82, 2.24) is 10.6 Å².